The van der Waals surface area contributed by atoms with Gasteiger partial charge >= 0.3 is 0 Å². The Kier molecular flexibility index (Phi) is 7.72. The van der Waals surface area contributed by atoms with Gasteiger partial charge in [0.05, 0.1) is 17.5 Å². The van der Waals surface area contributed by atoms with E-state index in [0.717, 1.165) is 56.7 Å². The summed E-state index contributed by atoms with van der Waals surface area (Å²) < 4.78 is 0. The molecule has 5 rings (SSSR count). The second-order valence-electron chi connectivity index (χ2n) is 10.8. The number of piperidine rings is 1. The molecule has 3 aliphatic rings. The lowest BCUT2D eigenvalue weighted by atomic mass is 9.96. The van der Waals surface area contributed by atoms with Crippen molar-refractivity contribution in [3.63, 3.8) is 0 Å². The molecule has 1 aliphatic carbocycles. The number of aromatic nitrogens is 3. The van der Waals surface area contributed by atoms with E-state index in [1.54, 1.807) is 18.3 Å². The highest BCUT2D eigenvalue weighted by Gasteiger charge is 2.38. The number of piperazine rings is 1. The van der Waals surface area contributed by atoms with Crippen molar-refractivity contribution in [2.45, 2.75) is 77.0 Å². The number of pyridine rings is 1. The lowest BCUT2D eigenvalue weighted by Crippen LogP contribution is -2.62. The van der Waals surface area contributed by atoms with E-state index in [9.17, 15) is 9.59 Å². The first-order valence-electron chi connectivity index (χ1n) is 13.6. The first-order chi connectivity index (χ1) is 18.2. The van der Waals surface area contributed by atoms with Crippen LogP contribution in [0, 0.1) is 6.92 Å². The quantitative estimate of drug-likeness (QED) is 0.537. The Balaban J connectivity index is 1.22. The first-order valence-corrected chi connectivity index (χ1v) is 14.0. The van der Waals surface area contributed by atoms with E-state index in [2.05, 4.69) is 38.9 Å². The summed E-state index contributed by atoms with van der Waals surface area (Å²) in [5.74, 6) is 0.807. The van der Waals surface area contributed by atoms with Gasteiger partial charge in [-0.1, -0.05) is 18.5 Å². The van der Waals surface area contributed by atoms with Crippen LogP contribution in [0.15, 0.2) is 18.3 Å². The van der Waals surface area contributed by atoms with Crippen molar-refractivity contribution in [3.05, 3.63) is 40.4 Å². The van der Waals surface area contributed by atoms with Crippen LogP contribution in [0.5, 0.6) is 0 Å². The fourth-order valence-electron chi connectivity index (χ4n) is 5.73. The zero-order chi connectivity index (χ0) is 27.0. The van der Waals surface area contributed by atoms with Crippen LogP contribution >= 0.6 is 11.6 Å². The van der Waals surface area contributed by atoms with Gasteiger partial charge in [0.15, 0.2) is 0 Å². The number of nitrogens with zero attached hydrogens (tertiary/aromatic N) is 6. The van der Waals surface area contributed by atoms with Crippen molar-refractivity contribution in [1.29, 1.82) is 0 Å². The Bertz CT molecular complexity index is 1200. The van der Waals surface area contributed by atoms with E-state index in [0.29, 0.717) is 42.5 Å². The van der Waals surface area contributed by atoms with Gasteiger partial charge in [-0.05, 0) is 58.1 Å². The predicted octanol–water partition coefficient (Wildman–Crippen LogP) is 2.90. The summed E-state index contributed by atoms with van der Waals surface area (Å²) in [6.45, 7) is 9.53. The molecule has 0 spiro atoms. The molecule has 2 aromatic heterocycles. The van der Waals surface area contributed by atoms with Crippen LogP contribution in [-0.2, 0) is 0 Å². The molecule has 1 saturated carbocycles. The van der Waals surface area contributed by atoms with Crippen LogP contribution in [0.25, 0.3) is 0 Å². The number of carbonyl (C=O) groups excluding carboxylic acids is 2. The molecule has 38 heavy (non-hydrogen) atoms. The van der Waals surface area contributed by atoms with Crippen LogP contribution in [-0.4, -0.2) is 86.9 Å². The summed E-state index contributed by atoms with van der Waals surface area (Å²) in [5.41, 5.74) is 7.53. The molecule has 2 amide bonds. The number of likely N-dealkylation sites (tertiary alicyclic amines) is 1. The molecular formula is C27H37ClN8O2. The number of hydrogen-bond donors (Lipinski definition) is 2. The minimum absolute atomic E-state index is 0.0846. The Morgan fingerprint density at radius 1 is 1.13 bits per heavy atom. The Morgan fingerprint density at radius 2 is 1.87 bits per heavy atom. The fraction of sp³-hybridized carbons (Fsp3) is 0.593. The van der Waals surface area contributed by atoms with Crippen molar-refractivity contribution >= 4 is 35.1 Å². The molecule has 0 aromatic carbocycles. The molecule has 204 valence electrons. The van der Waals surface area contributed by atoms with Gasteiger partial charge in [0.2, 0.25) is 0 Å². The smallest absolute Gasteiger partial charge is 0.271 e. The molecule has 10 nitrogen and oxygen atoms in total. The van der Waals surface area contributed by atoms with E-state index in [4.69, 9.17) is 22.3 Å². The summed E-state index contributed by atoms with van der Waals surface area (Å²) in [6, 6.07) is 4.58. The number of amides is 2. The van der Waals surface area contributed by atoms with Gasteiger partial charge in [-0.15, -0.1) is 0 Å². The highest BCUT2D eigenvalue weighted by atomic mass is 35.5. The van der Waals surface area contributed by atoms with Gasteiger partial charge < -0.3 is 20.9 Å². The topological polar surface area (TPSA) is 121 Å². The zero-order valence-corrected chi connectivity index (χ0v) is 23.1. The molecule has 3 N–H and O–H groups in total. The third kappa shape index (κ3) is 5.56. The number of nitrogens with two attached hydrogens (primary N) is 1. The van der Waals surface area contributed by atoms with Gasteiger partial charge in [-0.25, -0.2) is 15.0 Å². The number of nitrogen functional groups attached to an aromatic ring is 1. The average Bonchev–Trinajstić information content (AvgIpc) is 3.72. The average molecular weight is 541 g/mol. The normalized spacial score (nSPS) is 22.9. The highest BCUT2D eigenvalue weighted by Crippen LogP contribution is 2.30. The van der Waals surface area contributed by atoms with E-state index in [1.165, 1.54) is 0 Å². The van der Waals surface area contributed by atoms with Gasteiger partial charge in [-0.2, -0.15) is 0 Å². The number of hydrogen-bond acceptors (Lipinski definition) is 8. The fourth-order valence-corrected chi connectivity index (χ4v) is 5.88. The summed E-state index contributed by atoms with van der Waals surface area (Å²) in [5, 5.41) is 3.27. The molecule has 2 saturated heterocycles. The summed E-state index contributed by atoms with van der Waals surface area (Å²) in [6.07, 6.45) is 6.54. The van der Waals surface area contributed by atoms with Crippen molar-refractivity contribution < 1.29 is 9.59 Å². The van der Waals surface area contributed by atoms with Crippen molar-refractivity contribution in [2.75, 3.05) is 36.8 Å². The number of nitrogens with one attached hydrogen (secondary N) is 1. The molecule has 2 aliphatic heterocycles. The molecule has 0 unspecified atom stereocenters. The van der Waals surface area contributed by atoms with Crippen molar-refractivity contribution in [3.8, 4) is 0 Å². The molecule has 0 bridgehead atoms. The minimum atomic E-state index is -0.140. The number of carbonyl (C=O) groups is 2. The van der Waals surface area contributed by atoms with E-state index in [1.807, 2.05) is 11.8 Å². The molecule has 4 heterocycles. The number of aryl methyl sites for hydroxylation is 1. The highest BCUT2D eigenvalue weighted by molar-refractivity contribution is 6.29. The van der Waals surface area contributed by atoms with Crippen LogP contribution in [0.1, 0.15) is 72.5 Å². The van der Waals surface area contributed by atoms with Gasteiger partial charge in [-0.3, -0.25) is 14.5 Å². The maximum Gasteiger partial charge on any atom is 0.271 e. The molecular weight excluding hydrogens is 504 g/mol. The van der Waals surface area contributed by atoms with Crippen molar-refractivity contribution in [1.82, 2.24) is 30.1 Å². The van der Waals surface area contributed by atoms with E-state index >= 15 is 0 Å². The Hall–Kier alpha value is -2.98. The van der Waals surface area contributed by atoms with Gasteiger partial charge in [0.1, 0.15) is 22.5 Å². The lowest BCUT2D eigenvalue weighted by Gasteiger charge is -2.50. The van der Waals surface area contributed by atoms with E-state index in [-0.39, 0.29) is 28.8 Å². The second kappa shape index (κ2) is 11.0. The predicted molar refractivity (Wildman–Crippen MR) is 147 cm³/mol. The number of anilines is 2. The third-order valence-corrected chi connectivity index (χ3v) is 8.25. The number of halogens is 1. The molecule has 2 aromatic rings. The van der Waals surface area contributed by atoms with Gasteiger partial charge in [0, 0.05) is 50.3 Å². The van der Waals surface area contributed by atoms with Gasteiger partial charge in [0.25, 0.3) is 11.8 Å². The maximum atomic E-state index is 13.0. The molecule has 0 radical (unpaired) electrons. The second-order valence-corrected chi connectivity index (χ2v) is 11.1. The first kappa shape index (κ1) is 26.6. The minimum Gasteiger partial charge on any atom is -0.383 e. The van der Waals surface area contributed by atoms with Crippen LogP contribution in [0.4, 0.5) is 11.6 Å². The summed E-state index contributed by atoms with van der Waals surface area (Å²) >= 11 is 5.90. The molecule has 3 fully saturated rings. The van der Waals surface area contributed by atoms with Crippen LogP contribution in [0.2, 0.25) is 5.15 Å². The summed E-state index contributed by atoms with van der Waals surface area (Å²) in [4.78, 5) is 45.6. The largest absolute Gasteiger partial charge is 0.383 e. The Labute approximate surface area is 228 Å². The monoisotopic (exact) mass is 540 g/mol. The van der Waals surface area contributed by atoms with Crippen LogP contribution in [0.3, 0.4) is 0 Å². The Morgan fingerprint density at radius 3 is 2.50 bits per heavy atom. The SMILES string of the molecule is CC[C@H]1CN(c2ncc(C(=O)NC3CC3)nc2C)[C@H](C)CN1C1CCN(C(=O)c2ccc(Cl)nc2N)CC1. The van der Waals surface area contributed by atoms with Crippen LogP contribution < -0.4 is 16.0 Å². The zero-order valence-electron chi connectivity index (χ0n) is 22.4. The van der Waals surface area contributed by atoms with Crippen molar-refractivity contribution in [2.24, 2.45) is 0 Å². The van der Waals surface area contributed by atoms with E-state index < -0.39 is 0 Å². The standard InChI is InChI=1S/C27H37ClN8O2/c1-4-19-15-35(25-17(3)31-22(13-30-25)26(37)32-18-5-6-18)16(2)14-36(19)20-9-11-34(12-10-20)27(38)21-7-8-23(28)33-24(21)29/h7-8,13,16,18-20H,4-6,9-12,14-15H2,1-3H3,(H2,29,33)(H,32,37)/t16-,19+/m1/s1. The third-order valence-electron chi connectivity index (χ3n) is 8.03. The molecule has 11 heteroatoms. The summed E-state index contributed by atoms with van der Waals surface area (Å²) in [7, 11) is 0. The maximum absolute atomic E-state index is 13.0. The molecule has 2 atom stereocenters. The lowest BCUT2D eigenvalue weighted by molar-refractivity contribution is 0.0435. The number of rotatable bonds is 6.